The minimum atomic E-state index is -0.396. The van der Waals surface area contributed by atoms with E-state index in [1.165, 1.54) is 4.90 Å². The molecule has 1 N–H and O–H groups in total. The second kappa shape index (κ2) is 8.15. The molecule has 0 aromatic heterocycles. The van der Waals surface area contributed by atoms with Crippen molar-refractivity contribution in [2.45, 2.75) is 31.8 Å². The van der Waals surface area contributed by atoms with Crippen LogP contribution >= 0.6 is 0 Å². The molecule has 5 nitrogen and oxygen atoms in total. The van der Waals surface area contributed by atoms with Gasteiger partial charge in [0, 0.05) is 0 Å². The maximum atomic E-state index is 12.6. The van der Waals surface area contributed by atoms with E-state index in [1.54, 1.807) is 0 Å². The van der Waals surface area contributed by atoms with Gasteiger partial charge < -0.3 is 5.32 Å². The van der Waals surface area contributed by atoms with Crippen molar-refractivity contribution in [1.29, 1.82) is 0 Å². The SMILES string of the molecule is CCC[C@H]1NC(=O)N(CN(C)C(c2ccccc2)c2ccccc2)C1=O. The van der Waals surface area contributed by atoms with E-state index >= 15 is 0 Å². The summed E-state index contributed by atoms with van der Waals surface area (Å²) in [5.41, 5.74) is 2.25. The Balaban J connectivity index is 1.84. The molecule has 0 radical (unpaired) electrons. The fourth-order valence-electron chi connectivity index (χ4n) is 3.47. The maximum absolute atomic E-state index is 12.6. The fourth-order valence-corrected chi connectivity index (χ4v) is 3.47. The van der Waals surface area contributed by atoms with Crippen LogP contribution in [0.3, 0.4) is 0 Å². The third kappa shape index (κ3) is 3.78. The summed E-state index contributed by atoms with van der Waals surface area (Å²) >= 11 is 0. The number of rotatable bonds is 7. The van der Waals surface area contributed by atoms with E-state index < -0.39 is 6.04 Å². The normalized spacial score (nSPS) is 17.2. The molecule has 1 aliphatic heterocycles. The minimum absolute atomic E-state index is 0.0387. The number of urea groups is 1. The first-order valence-corrected chi connectivity index (χ1v) is 9.03. The molecule has 0 aliphatic carbocycles. The lowest BCUT2D eigenvalue weighted by atomic mass is 9.98. The van der Waals surface area contributed by atoms with Crippen LogP contribution in [0.4, 0.5) is 4.79 Å². The van der Waals surface area contributed by atoms with Crippen LogP contribution in [-0.4, -0.2) is 41.5 Å². The van der Waals surface area contributed by atoms with Gasteiger partial charge in [0.2, 0.25) is 0 Å². The number of hydrogen-bond acceptors (Lipinski definition) is 3. The first-order chi connectivity index (χ1) is 12.6. The highest BCUT2D eigenvalue weighted by molar-refractivity contribution is 6.04. The molecule has 0 bridgehead atoms. The molecule has 26 heavy (non-hydrogen) atoms. The van der Waals surface area contributed by atoms with Gasteiger partial charge in [-0.1, -0.05) is 74.0 Å². The summed E-state index contributed by atoms with van der Waals surface area (Å²) in [6.07, 6.45) is 1.53. The lowest BCUT2D eigenvalue weighted by Crippen LogP contribution is -2.42. The van der Waals surface area contributed by atoms with E-state index in [4.69, 9.17) is 0 Å². The molecule has 1 aliphatic rings. The summed E-state index contributed by atoms with van der Waals surface area (Å²) in [6, 6.07) is 19.5. The number of amides is 3. The van der Waals surface area contributed by atoms with Crippen molar-refractivity contribution >= 4 is 11.9 Å². The van der Waals surface area contributed by atoms with Gasteiger partial charge in [-0.3, -0.25) is 9.69 Å². The minimum Gasteiger partial charge on any atom is -0.326 e. The standard InChI is InChI=1S/C21H25N3O2/c1-3-10-18-20(25)24(21(26)22-18)15-23(2)19(16-11-6-4-7-12-16)17-13-8-5-9-14-17/h4-9,11-14,18-19H,3,10,15H2,1-2H3,(H,22,26)/t18-/m1/s1. The highest BCUT2D eigenvalue weighted by Crippen LogP contribution is 2.28. The van der Waals surface area contributed by atoms with E-state index in [2.05, 4.69) is 29.6 Å². The summed E-state index contributed by atoms with van der Waals surface area (Å²) < 4.78 is 0. The molecule has 1 fully saturated rings. The van der Waals surface area contributed by atoms with Crippen LogP contribution in [0.15, 0.2) is 60.7 Å². The van der Waals surface area contributed by atoms with Crippen molar-refractivity contribution in [1.82, 2.24) is 15.1 Å². The smallest absolute Gasteiger partial charge is 0.325 e. The number of hydrogen-bond donors (Lipinski definition) is 1. The zero-order valence-corrected chi connectivity index (χ0v) is 15.3. The first-order valence-electron chi connectivity index (χ1n) is 9.03. The van der Waals surface area contributed by atoms with Crippen LogP contribution in [0.1, 0.15) is 36.9 Å². The molecular formula is C21H25N3O2. The second-order valence-corrected chi connectivity index (χ2v) is 6.68. The van der Waals surface area contributed by atoms with Gasteiger partial charge in [-0.25, -0.2) is 9.69 Å². The van der Waals surface area contributed by atoms with Crippen molar-refractivity contribution < 1.29 is 9.59 Å². The van der Waals surface area contributed by atoms with Gasteiger partial charge in [0.1, 0.15) is 6.04 Å². The van der Waals surface area contributed by atoms with Crippen LogP contribution in [-0.2, 0) is 4.79 Å². The van der Waals surface area contributed by atoms with Gasteiger partial charge in [-0.15, -0.1) is 0 Å². The largest absolute Gasteiger partial charge is 0.326 e. The van der Waals surface area contributed by atoms with Gasteiger partial charge in [-0.05, 0) is 24.6 Å². The Morgan fingerprint density at radius 1 is 1.00 bits per heavy atom. The van der Waals surface area contributed by atoms with Crippen LogP contribution in [0.25, 0.3) is 0 Å². The van der Waals surface area contributed by atoms with Crippen LogP contribution in [0, 0.1) is 0 Å². The lowest BCUT2D eigenvalue weighted by Gasteiger charge is -2.31. The summed E-state index contributed by atoms with van der Waals surface area (Å²) in [5, 5.41) is 2.79. The Hall–Kier alpha value is -2.66. The van der Waals surface area contributed by atoms with E-state index in [-0.39, 0.29) is 24.6 Å². The van der Waals surface area contributed by atoms with Crippen LogP contribution < -0.4 is 5.32 Å². The zero-order valence-electron chi connectivity index (χ0n) is 15.3. The third-order valence-electron chi connectivity index (χ3n) is 4.72. The lowest BCUT2D eigenvalue weighted by molar-refractivity contribution is -0.129. The van der Waals surface area contributed by atoms with Crippen molar-refractivity contribution in [3.05, 3.63) is 71.8 Å². The van der Waals surface area contributed by atoms with Gasteiger partial charge in [0.15, 0.2) is 0 Å². The zero-order chi connectivity index (χ0) is 18.5. The van der Waals surface area contributed by atoms with Gasteiger partial charge in [-0.2, -0.15) is 0 Å². The first kappa shape index (κ1) is 18.1. The van der Waals surface area contributed by atoms with Crippen molar-refractivity contribution in [3.63, 3.8) is 0 Å². The summed E-state index contributed by atoms with van der Waals surface area (Å²) in [7, 11) is 1.94. The van der Waals surface area contributed by atoms with Crippen molar-refractivity contribution in [3.8, 4) is 0 Å². The summed E-state index contributed by atoms with van der Waals surface area (Å²) in [6.45, 7) is 2.26. The molecule has 3 rings (SSSR count). The Bertz CT molecular complexity index is 709. The third-order valence-corrected chi connectivity index (χ3v) is 4.72. The van der Waals surface area contributed by atoms with Crippen LogP contribution in [0.2, 0.25) is 0 Å². The molecule has 0 spiro atoms. The van der Waals surface area contributed by atoms with Gasteiger partial charge in [0.05, 0.1) is 12.7 Å². The summed E-state index contributed by atoms with van der Waals surface area (Å²) in [5.74, 6) is -0.136. The maximum Gasteiger partial charge on any atom is 0.325 e. The number of nitrogens with one attached hydrogen (secondary N) is 1. The highest BCUT2D eigenvalue weighted by atomic mass is 16.2. The monoisotopic (exact) mass is 351 g/mol. The van der Waals surface area contributed by atoms with E-state index in [0.29, 0.717) is 6.42 Å². The topological polar surface area (TPSA) is 52.7 Å². The predicted octanol–water partition coefficient (Wildman–Crippen LogP) is 3.39. The second-order valence-electron chi connectivity index (χ2n) is 6.68. The quantitative estimate of drug-likeness (QED) is 0.778. The summed E-state index contributed by atoms with van der Waals surface area (Å²) in [4.78, 5) is 28.2. The predicted molar refractivity (Wildman–Crippen MR) is 101 cm³/mol. The van der Waals surface area contributed by atoms with E-state index in [9.17, 15) is 9.59 Å². The molecule has 1 saturated heterocycles. The Morgan fingerprint density at radius 3 is 2.04 bits per heavy atom. The molecule has 2 aromatic carbocycles. The molecule has 0 unspecified atom stereocenters. The van der Waals surface area contributed by atoms with Gasteiger partial charge >= 0.3 is 6.03 Å². The fraction of sp³-hybridized carbons (Fsp3) is 0.333. The molecule has 5 heteroatoms. The molecule has 2 aromatic rings. The molecule has 0 saturated carbocycles. The average Bonchev–Trinajstić information content (AvgIpc) is 2.92. The average molecular weight is 351 g/mol. The van der Waals surface area contributed by atoms with Crippen LogP contribution in [0.5, 0.6) is 0 Å². The molecule has 136 valence electrons. The van der Waals surface area contributed by atoms with Crippen molar-refractivity contribution in [2.75, 3.05) is 13.7 Å². The molecule has 3 amide bonds. The van der Waals surface area contributed by atoms with E-state index in [1.807, 2.05) is 55.3 Å². The molecular weight excluding hydrogens is 326 g/mol. The number of carbonyl (C=O) groups excluding carboxylic acids is 2. The Morgan fingerprint density at radius 2 is 1.54 bits per heavy atom. The van der Waals surface area contributed by atoms with Crippen molar-refractivity contribution in [2.24, 2.45) is 0 Å². The molecule has 1 heterocycles. The van der Waals surface area contributed by atoms with E-state index in [0.717, 1.165) is 17.5 Å². The number of imide groups is 1. The van der Waals surface area contributed by atoms with Gasteiger partial charge in [0.25, 0.3) is 5.91 Å². The number of benzene rings is 2. The number of carbonyl (C=O) groups is 2. The Labute approximate surface area is 154 Å². The number of nitrogens with zero attached hydrogens (tertiary/aromatic N) is 2. The highest BCUT2D eigenvalue weighted by Gasteiger charge is 2.38. The Kier molecular flexibility index (Phi) is 5.68. The molecule has 1 atom stereocenters.